The standard InChI is InChI=1S/C27H29FN6O2/c1-35-23-12-13-25(36-2)24(18-23)26(33-16-14-32(15-17-33)22-6-4-3-5-7-22)27-29-30-31-34(27)19-20-8-10-21(28)11-9-20/h3-13,18,26H,14-17,19H2,1-2H3/t26-/m1/s1. The second kappa shape index (κ2) is 10.7. The van der Waals surface area contributed by atoms with Crippen molar-refractivity contribution in [3.8, 4) is 11.5 Å². The molecule has 1 fully saturated rings. The number of rotatable bonds is 8. The fourth-order valence-corrected chi connectivity index (χ4v) is 4.71. The van der Waals surface area contributed by atoms with Crippen molar-refractivity contribution in [1.82, 2.24) is 25.1 Å². The van der Waals surface area contributed by atoms with Gasteiger partial charge in [-0.15, -0.1) is 5.10 Å². The molecule has 0 spiro atoms. The first-order valence-electron chi connectivity index (χ1n) is 11.9. The van der Waals surface area contributed by atoms with E-state index in [9.17, 15) is 4.39 Å². The first-order valence-corrected chi connectivity index (χ1v) is 11.9. The summed E-state index contributed by atoms with van der Waals surface area (Å²) >= 11 is 0. The van der Waals surface area contributed by atoms with Crippen LogP contribution in [0.4, 0.5) is 10.1 Å². The van der Waals surface area contributed by atoms with Gasteiger partial charge in [-0.2, -0.15) is 0 Å². The average molecular weight is 489 g/mol. The van der Waals surface area contributed by atoms with Crippen molar-refractivity contribution in [2.75, 3.05) is 45.3 Å². The van der Waals surface area contributed by atoms with E-state index in [2.05, 4.69) is 49.6 Å². The maximum absolute atomic E-state index is 13.5. The van der Waals surface area contributed by atoms with Gasteiger partial charge in [0.05, 0.1) is 20.8 Å². The van der Waals surface area contributed by atoms with E-state index in [-0.39, 0.29) is 11.9 Å². The molecule has 4 aromatic rings. The minimum absolute atomic E-state index is 0.261. The molecule has 0 saturated carbocycles. The van der Waals surface area contributed by atoms with Crippen molar-refractivity contribution in [3.63, 3.8) is 0 Å². The first kappa shape index (κ1) is 23.7. The van der Waals surface area contributed by atoms with E-state index in [4.69, 9.17) is 9.47 Å². The Morgan fingerprint density at radius 2 is 1.64 bits per heavy atom. The van der Waals surface area contributed by atoms with Gasteiger partial charge in [0, 0.05) is 37.4 Å². The normalized spacial score (nSPS) is 15.0. The Morgan fingerprint density at radius 1 is 0.889 bits per heavy atom. The molecule has 0 aliphatic carbocycles. The highest BCUT2D eigenvalue weighted by atomic mass is 19.1. The van der Waals surface area contributed by atoms with Crippen LogP contribution in [0.2, 0.25) is 0 Å². The summed E-state index contributed by atoms with van der Waals surface area (Å²) in [5.41, 5.74) is 3.06. The third kappa shape index (κ3) is 5.01. The summed E-state index contributed by atoms with van der Waals surface area (Å²) in [6.07, 6.45) is 0. The Labute approximate surface area is 209 Å². The Balaban J connectivity index is 1.50. The number of nitrogens with zero attached hydrogens (tertiary/aromatic N) is 6. The topological polar surface area (TPSA) is 68.5 Å². The highest BCUT2D eigenvalue weighted by molar-refractivity contribution is 5.47. The average Bonchev–Trinajstić information content (AvgIpc) is 3.38. The number of tetrazole rings is 1. The summed E-state index contributed by atoms with van der Waals surface area (Å²) in [5, 5.41) is 12.8. The molecule has 0 bridgehead atoms. The number of anilines is 1. The molecule has 9 heteroatoms. The monoisotopic (exact) mass is 488 g/mol. The molecule has 5 rings (SSSR count). The minimum Gasteiger partial charge on any atom is -0.497 e. The maximum atomic E-state index is 13.5. The summed E-state index contributed by atoms with van der Waals surface area (Å²) in [5.74, 6) is 1.89. The fraction of sp³-hybridized carbons (Fsp3) is 0.296. The zero-order chi connectivity index (χ0) is 24.9. The number of halogens is 1. The summed E-state index contributed by atoms with van der Waals surface area (Å²) in [6, 6.07) is 22.4. The van der Waals surface area contributed by atoms with Crippen LogP contribution in [0.1, 0.15) is 23.0 Å². The van der Waals surface area contributed by atoms with Crippen LogP contribution in [-0.4, -0.2) is 65.5 Å². The molecular formula is C27H29FN6O2. The summed E-state index contributed by atoms with van der Waals surface area (Å²) in [6.45, 7) is 3.78. The van der Waals surface area contributed by atoms with Crippen LogP contribution in [0.15, 0.2) is 72.8 Å². The van der Waals surface area contributed by atoms with Gasteiger partial charge in [-0.3, -0.25) is 4.90 Å². The first-order chi connectivity index (χ1) is 17.7. The van der Waals surface area contributed by atoms with Crippen LogP contribution in [0.5, 0.6) is 11.5 Å². The molecule has 0 unspecified atom stereocenters. The molecule has 0 radical (unpaired) electrons. The fourth-order valence-electron chi connectivity index (χ4n) is 4.71. The van der Waals surface area contributed by atoms with Gasteiger partial charge >= 0.3 is 0 Å². The number of para-hydroxylation sites is 1. The van der Waals surface area contributed by atoms with E-state index in [1.165, 1.54) is 17.8 Å². The van der Waals surface area contributed by atoms with Gasteiger partial charge in [0.2, 0.25) is 0 Å². The van der Waals surface area contributed by atoms with Crippen molar-refractivity contribution < 1.29 is 13.9 Å². The molecule has 0 amide bonds. The van der Waals surface area contributed by atoms with Crippen LogP contribution < -0.4 is 14.4 Å². The van der Waals surface area contributed by atoms with Crippen molar-refractivity contribution in [3.05, 3.63) is 95.6 Å². The zero-order valence-corrected chi connectivity index (χ0v) is 20.4. The Morgan fingerprint density at radius 3 is 2.33 bits per heavy atom. The van der Waals surface area contributed by atoms with Crippen molar-refractivity contribution in [2.24, 2.45) is 0 Å². The summed E-state index contributed by atoms with van der Waals surface area (Å²) in [7, 11) is 3.31. The van der Waals surface area contributed by atoms with Crippen LogP contribution in [0.25, 0.3) is 0 Å². The van der Waals surface area contributed by atoms with Gasteiger partial charge in [-0.25, -0.2) is 9.07 Å². The Kier molecular flexibility index (Phi) is 7.08. The van der Waals surface area contributed by atoms with E-state index >= 15 is 0 Å². The van der Waals surface area contributed by atoms with Gasteiger partial charge in [0.1, 0.15) is 23.4 Å². The van der Waals surface area contributed by atoms with Gasteiger partial charge in [0.15, 0.2) is 5.82 Å². The molecule has 1 aliphatic heterocycles. The van der Waals surface area contributed by atoms with Crippen molar-refractivity contribution in [1.29, 1.82) is 0 Å². The SMILES string of the molecule is COc1ccc(OC)c([C@H](c2nnnn2Cc2ccc(F)cc2)N2CCN(c3ccccc3)CC2)c1. The van der Waals surface area contributed by atoms with Crippen LogP contribution in [0.3, 0.4) is 0 Å². The number of piperazine rings is 1. The lowest BCUT2D eigenvalue weighted by Gasteiger charge is -2.40. The lowest BCUT2D eigenvalue weighted by atomic mass is 10.0. The second-order valence-corrected chi connectivity index (χ2v) is 8.69. The molecule has 36 heavy (non-hydrogen) atoms. The van der Waals surface area contributed by atoms with E-state index in [0.29, 0.717) is 12.4 Å². The summed E-state index contributed by atoms with van der Waals surface area (Å²) < 4.78 is 26.6. The molecule has 1 aromatic heterocycles. The van der Waals surface area contributed by atoms with Gasteiger partial charge < -0.3 is 14.4 Å². The third-order valence-electron chi connectivity index (χ3n) is 6.58. The van der Waals surface area contributed by atoms with E-state index in [0.717, 1.165) is 48.8 Å². The number of methoxy groups -OCH3 is 2. The summed E-state index contributed by atoms with van der Waals surface area (Å²) in [4.78, 5) is 4.77. The van der Waals surface area contributed by atoms with Crippen LogP contribution in [-0.2, 0) is 6.54 Å². The Bertz CT molecular complexity index is 1270. The van der Waals surface area contributed by atoms with Crippen molar-refractivity contribution in [2.45, 2.75) is 12.6 Å². The van der Waals surface area contributed by atoms with Crippen LogP contribution >= 0.6 is 0 Å². The third-order valence-corrected chi connectivity index (χ3v) is 6.58. The molecule has 0 N–H and O–H groups in total. The van der Waals surface area contributed by atoms with Gasteiger partial charge in [0.25, 0.3) is 0 Å². The second-order valence-electron chi connectivity index (χ2n) is 8.69. The molecule has 2 heterocycles. The lowest BCUT2D eigenvalue weighted by Crippen LogP contribution is -2.48. The molecule has 186 valence electrons. The molecule has 1 atom stereocenters. The molecular weight excluding hydrogens is 459 g/mol. The Hall–Kier alpha value is -3.98. The maximum Gasteiger partial charge on any atom is 0.173 e. The van der Waals surface area contributed by atoms with Gasteiger partial charge in [-0.05, 0) is 58.5 Å². The lowest BCUT2D eigenvalue weighted by molar-refractivity contribution is 0.197. The number of benzene rings is 3. The molecule has 1 aliphatic rings. The molecule has 3 aromatic carbocycles. The van der Waals surface area contributed by atoms with Gasteiger partial charge in [-0.1, -0.05) is 30.3 Å². The number of hydrogen-bond acceptors (Lipinski definition) is 7. The highest BCUT2D eigenvalue weighted by Gasteiger charge is 2.33. The number of hydrogen-bond donors (Lipinski definition) is 0. The number of aromatic nitrogens is 4. The van der Waals surface area contributed by atoms with E-state index < -0.39 is 0 Å². The molecule has 1 saturated heterocycles. The van der Waals surface area contributed by atoms with Crippen molar-refractivity contribution >= 4 is 5.69 Å². The predicted molar refractivity (Wildman–Crippen MR) is 135 cm³/mol. The number of ether oxygens (including phenoxy) is 2. The quantitative estimate of drug-likeness (QED) is 0.374. The minimum atomic E-state index is -0.272. The smallest absolute Gasteiger partial charge is 0.173 e. The van der Waals surface area contributed by atoms with E-state index in [1.54, 1.807) is 31.0 Å². The predicted octanol–water partition coefficient (Wildman–Crippen LogP) is 3.79. The van der Waals surface area contributed by atoms with Crippen LogP contribution in [0, 0.1) is 5.82 Å². The van der Waals surface area contributed by atoms with E-state index in [1.807, 2.05) is 24.3 Å². The zero-order valence-electron chi connectivity index (χ0n) is 20.4. The largest absolute Gasteiger partial charge is 0.497 e. The highest BCUT2D eigenvalue weighted by Crippen LogP contribution is 2.37. The molecule has 8 nitrogen and oxygen atoms in total.